The van der Waals surface area contributed by atoms with Gasteiger partial charge in [0.15, 0.2) is 0 Å². The van der Waals surface area contributed by atoms with Crippen molar-refractivity contribution in [1.82, 2.24) is 10.2 Å². The first-order chi connectivity index (χ1) is 9.15. The van der Waals surface area contributed by atoms with Crippen LogP contribution in [0.1, 0.15) is 19.4 Å². The van der Waals surface area contributed by atoms with E-state index in [0.717, 1.165) is 44.2 Å². The number of halogens is 1. The van der Waals surface area contributed by atoms with E-state index in [-0.39, 0.29) is 0 Å². The normalized spacial score (nSPS) is 17.1. The number of hydrogen-bond donors (Lipinski definition) is 1. The van der Waals surface area contributed by atoms with Gasteiger partial charge in [0.2, 0.25) is 0 Å². The lowest BCUT2D eigenvalue weighted by molar-refractivity contribution is 0.243. The molecule has 0 spiro atoms. The van der Waals surface area contributed by atoms with Crippen molar-refractivity contribution in [2.45, 2.75) is 30.4 Å². The number of benzene rings is 1. The van der Waals surface area contributed by atoms with Gasteiger partial charge in [0.1, 0.15) is 0 Å². The number of nitrogens with zero attached hydrogens (tertiary/aromatic N) is 1. The van der Waals surface area contributed by atoms with Crippen molar-refractivity contribution in [2.75, 3.05) is 32.7 Å². The van der Waals surface area contributed by atoms with Gasteiger partial charge in [-0.15, -0.1) is 11.8 Å². The van der Waals surface area contributed by atoms with Crippen molar-refractivity contribution in [3.05, 3.63) is 28.8 Å². The maximum absolute atomic E-state index is 6.14. The fourth-order valence-electron chi connectivity index (χ4n) is 2.33. The second kappa shape index (κ2) is 7.53. The summed E-state index contributed by atoms with van der Waals surface area (Å²) >= 11 is 8.07. The Morgan fingerprint density at radius 1 is 1.32 bits per heavy atom. The maximum atomic E-state index is 6.14. The molecule has 0 amide bonds. The minimum absolute atomic E-state index is 0.610. The van der Waals surface area contributed by atoms with E-state index in [2.05, 4.69) is 36.2 Å². The zero-order valence-corrected chi connectivity index (χ0v) is 13.4. The lowest BCUT2D eigenvalue weighted by Gasteiger charge is -2.27. The van der Waals surface area contributed by atoms with Gasteiger partial charge in [0.05, 0.1) is 0 Å². The molecule has 4 heteroatoms. The largest absolute Gasteiger partial charge is 0.314 e. The third-order valence-electron chi connectivity index (χ3n) is 3.29. The standard InChI is InChI=1S/C15H23ClN2S/c1-12(2)19-15-4-3-14(16)11-13(15)5-8-18-9-6-17-7-10-18/h3-4,11-12,17H,5-10H2,1-2H3. The van der Waals surface area contributed by atoms with E-state index < -0.39 is 0 Å². The third kappa shape index (κ3) is 4.99. The molecule has 0 bridgehead atoms. The SMILES string of the molecule is CC(C)Sc1ccc(Cl)cc1CCN1CCNCC1. The number of hydrogen-bond acceptors (Lipinski definition) is 3. The minimum Gasteiger partial charge on any atom is -0.314 e. The fourth-order valence-corrected chi connectivity index (χ4v) is 3.49. The molecule has 1 aliphatic rings. The molecule has 2 nitrogen and oxygen atoms in total. The summed E-state index contributed by atoms with van der Waals surface area (Å²) in [5, 5.41) is 4.85. The maximum Gasteiger partial charge on any atom is 0.0409 e. The average Bonchev–Trinajstić information content (AvgIpc) is 2.40. The Morgan fingerprint density at radius 3 is 2.74 bits per heavy atom. The van der Waals surface area contributed by atoms with Gasteiger partial charge in [-0.05, 0) is 30.2 Å². The summed E-state index contributed by atoms with van der Waals surface area (Å²) in [6.45, 7) is 10.2. The summed E-state index contributed by atoms with van der Waals surface area (Å²) in [7, 11) is 0. The average molecular weight is 299 g/mol. The van der Waals surface area contributed by atoms with E-state index in [4.69, 9.17) is 11.6 Å². The summed E-state index contributed by atoms with van der Waals surface area (Å²) < 4.78 is 0. The van der Waals surface area contributed by atoms with Crippen LogP contribution in [0, 0.1) is 0 Å². The zero-order chi connectivity index (χ0) is 13.7. The predicted octanol–water partition coefficient (Wildman–Crippen LogP) is 3.29. The third-order valence-corrected chi connectivity index (χ3v) is 4.65. The van der Waals surface area contributed by atoms with Gasteiger partial charge in [0.25, 0.3) is 0 Å². The van der Waals surface area contributed by atoms with Gasteiger partial charge >= 0.3 is 0 Å². The smallest absolute Gasteiger partial charge is 0.0409 e. The van der Waals surface area contributed by atoms with E-state index in [1.54, 1.807) is 0 Å². The van der Waals surface area contributed by atoms with Gasteiger partial charge in [-0.2, -0.15) is 0 Å². The summed E-state index contributed by atoms with van der Waals surface area (Å²) in [5.74, 6) is 0. The molecule has 1 aromatic rings. The second-order valence-electron chi connectivity index (χ2n) is 5.26. The van der Waals surface area contributed by atoms with Crippen LogP contribution in [0.15, 0.2) is 23.1 Å². The Balaban J connectivity index is 1.98. The Hall–Kier alpha value is -0.220. The van der Waals surface area contributed by atoms with E-state index >= 15 is 0 Å². The first-order valence-electron chi connectivity index (χ1n) is 7.03. The van der Waals surface area contributed by atoms with E-state index in [1.807, 2.05) is 17.8 Å². The van der Waals surface area contributed by atoms with Crippen molar-refractivity contribution in [2.24, 2.45) is 0 Å². The molecule has 106 valence electrons. The fraction of sp³-hybridized carbons (Fsp3) is 0.600. The van der Waals surface area contributed by atoms with Crippen molar-refractivity contribution in [1.29, 1.82) is 0 Å². The Labute approximate surface area is 125 Å². The van der Waals surface area contributed by atoms with Crippen molar-refractivity contribution >= 4 is 23.4 Å². The molecule has 0 unspecified atom stereocenters. The van der Waals surface area contributed by atoms with E-state index in [9.17, 15) is 0 Å². The monoisotopic (exact) mass is 298 g/mol. The Morgan fingerprint density at radius 2 is 2.05 bits per heavy atom. The molecular formula is C15H23ClN2S. The minimum atomic E-state index is 0.610. The summed E-state index contributed by atoms with van der Waals surface area (Å²) in [5.41, 5.74) is 1.39. The molecule has 1 fully saturated rings. The second-order valence-corrected chi connectivity index (χ2v) is 7.32. The molecule has 0 atom stereocenters. The topological polar surface area (TPSA) is 15.3 Å². The van der Waals surface area contributed by atoms with Gasteiger partial charge in [-0.25, -0.2) is 0 Å². The van der Waals surface area contributed by atoms with Crippen LogP contribution in [0.25, 0.3) is 0 Å². The van der Waals surface area contributed by atoms with Crippen LogP contribution in [0.5, 0.6) is 0 Å². The van der Waals surface area contributed by atoms with Crippen molar-refractivity contribution < 1.29 is 0 Å². The number of rotatable bonds is 5. The first kappa shape index (κ1) is 15.2. The number of piperazine rings is 1. The Kier molecular flexibility index (Phi) is 6.02. The molecule has 0 saturated carbocycles. The van der Waals surface area contributed by atoms with Crippen LogP contribution < -0.4 is 5.32 Å². The van der Waals surface area contributed by atoms with Gasteiger partial charge in [0, 0.05) is 47.9 Å². The molecule has 0 radical (unpaired) electrons. The molecular weight excluding hydrogens is 276 g/mol. The molecule has 1 aromatic carbocycles. The highest BCUT2D eigenvalue weighted by Crippen LogP contribution is 2.29. The summed E-state index contributed by atoms with van der Waals surface area (Å²) in [4.78, 5) is 3.91. The van der Waals surface area contributed by atoms with Crippen molar-refractivity contribution in [3.8, 4) is 0 Å². The zero-order valence-electron chi connectivity index (χ0n) is 11.8. The van der Waals surface area contributed by atoms with E-state index in [0.29, 0.717) is 5.25 Å². The van der Waals surface area contributed by atoms with Crippen LogP contribution in [-0.2, 0) is 6.42 Å². The van der Waals surface area contributed by atoms with Crippen LogP contribution in [0.4, 0.5) is 0 Å². The van der Waals surface area contributed by atoms with Crippen LogP contribution in [0.3, 0.4) is 0 Å². The summed E-state index contributed by atoms with van der Waals surface area (Å²) in [6, 6.07) is 6.30. The summed E-state index contributed by atoms with van der Waals surface area (Å²) in [6.07, 6.45) is 1.09. The molecule has 2 rings (SSSR count). The van der Waals surface area contributed by atoms with Crippen LogP contribution >= 0.6 is 23.4 Å². The molecule has 19 heavy (non-hydrogen) atoms. The Bertz CT molecular complexity index is 403. The lowest BCUT2D eigenvalue weighted by Crippen LogP contribution is -2.44. The highest BCUT2D eigenvalue weighted by atomic mass is 35.5. The van der Waals surface area contributed by atoms with Crippen molar-refractivity contribution in [3.63, 3.8) is 0 Å². The molecule has 1 saturated heterocycles. The number of nitrogens with one attached hydrogen (secondary N) is 1. The highest BCUT2D eigenvalue weighted by molar-refractivity contribution is 8.00. The van der Waals surface area contributed by atoms with Gasteiger partial charge < -0.3 is 10.2 Å². The molecule has 1 N–H and O–H groups in total. The van der Waals surface area contributed by atoms with Gasteiger partial charge in [-0.1, -0.05) is 25.4 Å². The number of thioether (sulfide) groups is 1. The predicted molar refractivity (Wildman–Crippen MR) is 85.5 cm³/mol. The molecule has 0 aromatic heterocycles. The van der Waals surface area contributed by atoms with E-state index in [1.165, 1.54) is 10.5 Å². The first-order valence-corrected chi connectivity index (χ1v) is 8.29. The lowest BCUT2D eigenvalue weighted by atomic mass is 10.1. The van der Waals surface area contributed by atoms with Gasteiger partial charge in [-0.3, -0.25) is 0 Å². The highest BCUT2D eigenvalue weighted by Gasteiger charge is 2.11. The molecule has 1 aliphatic heterocycles. The molecule has 1 heterocycles. The van der Waals surface area contributed by atoms with Crippen LogP contribution in [0.2, 0.25) is 5.02 Å². The quantitative estimate of drug-likeness (QED) is 0.840. The van der Waals surface area contributed by atoms with Crippen LogP contribution in [-0.4, -0.2) is 42.9 Å². The molecule has 0 aliphatic carbocycles.